The molecular weight excluding hydrogens is 669 g/mol. The summed E-state index contributed by atoms with van der Waals surface area (Å²) in [5, 5.41) is 11.7. The summed E-state index contributed by atoms with van der Waals surface area (Å²) < 4.78 is 14.2. The zero-order chi connectivity index (χ0) is 38.8. The van der Waals surface area contributed by atoms with Crippen LogP contribution in [0.15, 0.2) is 47.6 Å². The van der Waals surface area contributed by atoms with Crippen molar-refractivity contribution >= 4 is 16.6 Å². The van der Waals surface area contributed by atoms with Crippen molar-refractivity contribution in [3.63, 3.8) is 0 Å². The summed E-state index contributed by atoms with van der Waals surface area (Å²) in [5.74, 6) is 1.80. The van der Waals surface area contributed by atoms with Gasteiger partial charge in [0.25, 0.3) is 0 Å². The molecule has 0 unspecified atom stereocenters. The molecule has 0 aromatic rings. The van der Waals surface area contributed by atoms with Gasteiger partial charge in [-0.25, -0.2) is 0 Å². The molecule has 0 radical (unpaired) electrons. The predicted octanol–water partition coefficient (Wildman–Crippen LogP) is 14.3. The second-order valence-corrected chi connectivity index (χ2v) is 30.9. The molecule has 0 aromatic heterocycles. The molecule has 4 aliphatic carbocycles. The number of unbranched alkanes of at least 4 members (excludes halogenated alkanes) is 5. The zero-order valence-electron chi connectivity index (χ0n) is 36.6. The first-order valence-electron chi connectivity index (χ1n) is 21.9. The summed E-state index contributed by atoms with van der Waals surface area (Å²) in [4.78, 5) is 0. The van der Waals surface area contributed by atoms with Gasteiger partial charge in [-0.1, -0.05) is 137 Å². The van der Waals surface area contributed by atoms with Crippen molar-refractivity contribution in [1.82, 2.24) is 0 Å². The van der Waals surface area contributed by atoms with E-state index in [0.29, 0.717) is 23.2 Å². The van der Waals surface area contributed by atoms with E-state index in [1.54, 1.807) is 5.57 Å². The Kier molecular flexibility index (Phi) is 14.5. The van der Waals surface area contributed by atoms with Gasteiger partial charge in [-0.15, -0.1) is 0 Å². The lowest BCUT2D eigenvalue weighted by molar-refractivity contribution is 0.0969. The Labute approximate surface area is 325 Å². The maximum atomic E-state index is 11.3. The monoisotopic (exact) mass is 753 g/mol. The number of allylic oxidation sites excluding steroid dienone is 4. The van der Waals surface area contributed by atoms with E-state index < -0.39 is 16.6 Å². The van der Waals surface area contributed by atoms with Gasteiger partial charge in [0.15, 0.2) is 16.6 Å². The second kappa shape index (κ2) is 17.2. The van der Waals surface area contributed by atoms with Crippen LogP contribution >= 0.6 is 0 Å². The molecule has 1 N–H and O–H groups in total. The number of rotatable bonds is 16. The van der Waals surface area contributed by atoms with Crippen molar-refractivity contribution in [3.05, 3.63) is 47.6 Å². The zero-order valence-corrected chi connectivity index (χ0v) is 38.6. The number of hydrogen-bond donors (Lipinski definition) is 1. The van der Waals surface area contributed by atoms with E-state index in [1.807, 2.05) is 0 Å². The fourth-order valence-corrected chi connectivity index (χ4v) is 12.3. The highest BCUT2D eigenvalue weighted by molar-refractivity contribution is 6.74. The van der Waals surface area contributed by atoms with E-state index in [1.165, 1.54) is 101 Å². The highest BCUT2D eigenvalue weighted by Crippen LogP contribution is 2.60. The number of aliphatic hydroxyl groups excluding tert-OH is 1. The second-order valence-electron chi connectivity index (χ2n) is 21.4. The van der Waals surface area contributed by atoms with Crippen LogP contribution < -0.4 is 0 Å². The summed E-state index contributed by atoms with van der Waals surface area (Å²) in [6.07, 6.45) is 29.3. The van der Waals surface area contributed by atoms with Crippen LogP contribution in [0.5, 0.6) is 0 Å². The van der Waals surface area contributed by atoms with Crippen molar-refractivity contribution in [2.75, 3.05) is 0 Å². The third kappa shape index (κ3) is 10.4. The minimum absolute atomic E-state index is 0.0186. The Balaban J connectivity index is 1.48. The summed E-state index contributed by atoms with van der Waals surface area (Å²) >= 11 is 0. The van der Waals surface area contributed by atoms with Crippen LogP contribution in [-0.2, 0) is 8.85 Å². The number of aliphatic hydroxyl groups is 1. The molecule has 4 saturated carbocycles. The van der Waals surface area contributed by atoms with E-state index in [9.17, 15) is 5.11 Å². The first-order valence-corrected chi connectivity index (χ1v) is 27.7. The van der Waals surface area contributed by atoms with Gasteiger partial charge in [-0.05, 0) is 134 Å². The van der Waals surface area contributed by atoms with Gasteiger partial charge in [0.2, 0.25) is 0 Å². The molecule has 0 heterocycles. The first-order chi connectivity index (χ1) is 24.1. The molecule has 0 bridgehead atoms. The summed E-state index contributed by atoms with van der Waals surface area (Å²) in [6.45, 7) is 35.6. The Bertz CT molecular complexity index is 1290. The van der Waals surface area contributed by atoms with Crippen molar-refractivity contribution < 1.29 is 14.0 Å². The summed E-state index contributed by atoms with van der Waals surface area (Å²) in [6, 6.07) is 0. The van der Waals surface area contributed by atoms with Crippen LogP contribution in [0.25, 0.3) is 0 Å². The van der Waals surface area contributed by atoms with Crippen molar-refractivity contribution in [3.8, 4) is 0 Å². The van der Waals surface area contributed by atoms with Gasteiger partial charge < -0.3 is 14.0 Å². The quantitative estimate of drug-likeness (QED) is 0.0969. The molecule has 0 aliphatic heterocycles. The average molecular weight is 753 g/mol. The van der Waals surface area contributed by atoms with Gasteiger partial charge in [-0.3, -0.25) is 0 Å². The molecule has 52 heavy (non-hydrogen) atoms. The molecule has 0 amide bonds. The molecule has 298 valence electrons. The van der Waals surface area contributed by atoms with Crippen LogP contribution in [0, 0.1) is 28.6 Å². The minimum atomic E-state index is -1.99. The SMILES string of the molecule is C=C1C(=CC=C2CCC[C@]3(C)[C@@H]([C@H](C)C=C[C@H](O)C4(CCCCCCCC)CC4)CC[C@@H]23)C[C@@H](O[Si](C)(C)C(C)(C)C)C[C@@H]1O[Si](C)(C)C(C)(C)C. The molecule has 5 heteroatoms. The van der Waals surface area contributed by atoms with Gasteiger partial charge in [0.1, 0.15) is 0 Å². The molecule has 4 rings (SSSR count). The predicted molar refractivity (Wildman–Crippen MR) is 231 cm³/mol. The van der Waals surface area contributed by atoms with Crippen LogP contribution in [0.4, 0.5) is 0 Å². The molecule has 7 atom stereocenters. The number of hydrogen-bond acceptors (Lipinski definition) is 3. The van der Waals surface area contributed by atoms with Crippen LogP contribution in [0.2, 0.25) is 36.3 Å². The maximum absolute atomic E-state index is 11.3. The van der Waals surface area contributed by atoms with Gasteiger partial charge >= 0.3 is 0 Å². The molecule has 0 saturated heterocycles. The molecule has 0 spiro atoms. The van der Waals surface area contributed by atoms with Crippen LogP contribution in [-0.4, -0.2) is 40.1 Å². The lowest BCUT2D eigenvalue weighted by Gasteiger charge is -2.45. The van der Waals surface area contributed by atoms with Gasteiger partial charge in [-0.2, -0.15) is 0 Å². The summed E-state index contributed by atoms with van der Waals surface area (Å²) in [7, 11) is -3.93. The highest BCUT2D eigenvalue weighted by Gasteiger charge is 2.51. The maximum Gasteiger partial charge on any atom is 0.192 e. The van der Waals surface area contributed by atoms with E-state index in [-0.39, 0.29) is 33.8 Å². The Morgan fingerprint density at radius 3 is 2.10 bits per heavy atom. The fraction of sp³-hybridized carbons (Fsp3) is 0.830. The van der Waals surface area contributed by atoms with E-state index >= 15 is 0 Å². The standard InChI is InChI=1S/C47H84O3Si2/c1-15-16-17-18-19-20-30-47(31-32-47)43(48)28-23-35(2)40-26-27-41-37(22-21-29-46(40,41)10)24-25-38-33-39(49-51(11,12)44(4,5)6)34-42(36(38)3)50-52(13,14)45(7,8)9/h23-25,28,35,39-43,48H,3,15-22,26-27,29-34H2,1-2,4-14H3/t35-,39-,40-,41+,42+,43+,46-/m1/s1. The lowest BCUT2D eigenvalue weighted by atomic mass is 9.61. The number of fused-ring (bicyclic) bond motifs is 1. The molecule has 0 aromatic carbocycles. The fourth-order valence-electron chi connectivity index (χ4n) is 9.64. The Morgan fingerprint density at radius 1 is 0.865 bits per heavy atom. The van der Waals surface area contributed by atoms with Crippen molar-refractivity contribution in [2.24, 2.45) is 28.6 Å². The van der Waals surface area contributed by atoms with Gasteiger partial charge in [0.05, 0.1) is 18.3 Å². The largest absolute Gasteiger partial charge is 0.413 e. The summed E-state index contributed by atoms with van der Waals surface area (Å²) in [5.41, 5.74) is 4.66. The lowest BCUT2D eigenvalue weighted by Crippen LogP contribution is -2.49. The van der Waals surface area contributed by atoms with E-state index in [4.69, 9.17) is 15.4 Å². The van der Waals surface area contributed by atoms with Crippen molar-refractivity contribution in [2.45, 2.75) is 220 Å². The Morgan fingerprint density at radius 2 is 1.48 bits per heavy atom. The molecule has 3 nitrogen and oxygen atoms in total. The van der Waals surface area contributed by atoms with Gasteiger partial charge in [0, 0.05) is 6.42 Å². The van der Waals surface area contributed by atoms with Crippen molar-refractivity contribution in [1.29, 1.82) is 0 Å². The minimum Gasteiger partial charge on any atom is -0.413 e. The third-order valence-corrected chi connectivity index (χ3v) is 24.6. The normalized spacial score (nSPS) is 31.4. The van der Waals surface area contributed by atoms with E-state index in [2.05, 4.69) is 113 Å². The first kappa shape index (κ1) is 44.0. The topological polar surface area (TPSA) is 38.7 Å². The average Bonchev–Trinajstić information content (AvgIpc) is 3.74. The molecular formula is C47H84O3Si2. The van der Waals surface area contributed by atoms with Crippen LogP contribution in [0.3, 0.4) is 0 Å². The third-order valence-electron chi connectivity index (χ3n) is 15.6. The smallest absolute Gasteiger partial charge is 0.192 e. The Hall–Kier alpha value is -0.726. The highest BCUT2D eigenvalue weighted by atomic mass is 28.4. The molecule has 4 aliphatic rings. The van der Waals surface area contributed by atoms with Crippen LogP contribution in [0.1, 0.15) is 165 Å². The molecule has 4 fully saturated rings. The van der Waals surface area contributed by atoms with E-state index in [0.717, 1.165) is 12.8 Å².